The fourth-order valence-corrected chi connectivity index (χ4v) is 5.12. The first-order valence-electron chi connectivity index (χ1n) is 11.5. The van der Waals surface area contributed by atoms with Crippen LogP contribution in [0.2, 0.25) is 0 Å². The predicted octanol–water partition coefficient (Wildman–Crippen LogP) is 2.94. The first-order valence-corrected chi connectivity index (χ1v) is 11.5. The number of carbonyl (C=O) groups is 1. The second-order valence-corrected chi connectivity index (χ2v) is 9.48. The van der Waals surface area contributed by atoms with Gasteiger partial charge in [0, 0.05) is 51.4 Å². The number of pyridine rings is 1. The highest BCUT2D eigenvalue weighted by molar-refractivity contribution is 5.81. The third kappa shape index (κ3) is 3.41. The Hall–Kier alpha value is -2.08. The van der Waals surface area contributed by atoms with Crippen molar-refractivity contribution in [1.82, 2.24) is 19.2 Å². The number of imidazole rings is 1. The Labute approximate surface area is 172 Å². The number of aromatic nitrogens is 2. The molecule has 4 fully saturated rings. The van der Waals surface area contributed by atoms with Crippen LogP contribution < -0.4 is 4.90 Å². The quantitative estimate of drug-likeness (QED) is 0.784. The Balaban J connectivity index is 1.32. The van der Waals surface area contributed by atoms with Crippen LogP contribution in [-0.4, -0.2) is 64.4 Å². The fourth-order valence-electron chi connectivity index (χ4n) is 5.12. The van der Waals surface area contributed by atoms with Gasteiger partial charge in [-0.25, -0.2) is 4.98 Å². The standard InChI is InChI=1S/C23H31N5O/c29-23(18-8-9-18)27-13-12-26(14-17-6-7-17)20(16-27)19-15-28-21(24-19)4-3-5-22(28)25-10-1-2-11-25/h3-5,15,17-18,20H,1-2,6-14,16H2/t20-/m1/s1. The van der Waals surface area contributed by atoms with E-state index in [1.807, 2.05) is 0 Å². The van der Waals surface area contributed by atoms with E-state index in [0.717, 1.165) is 69.4 Å². The summed E-state index contributed by atoms with van der Waals surface area (Å²) < 4.78 is 2.28. The summed E-state index contributed by atoms with van der Waals surface area (Å²) in [4.78, 5) is 25.0. The van der Waals surface area contributed by atoms with Gasteiger partial charge in [0.05, 0.1) is 11.7 Å². The van der Waals surface area contributed by atoms with E-state index >= 15 is 0 Å². The number of nitrogens with zero attached hydrogens (tertiary/aromatic N) is 5. The van der Waals surface area contributed by atoms with Gasteiger partial charge in [0.25, 0.3) is 0 Å². The minimum absolute atomic E-state index is 0.221. The van der Waals surface area contributed by atoms with E-state index in [2.05, 4.69) is 43.5 Å². The maximum atomic E-state index is 12.8. The Morgan fingerprint density at radius 2 is 1.86 bits per heavy atom. The lowest BCUT2D eigenvalue weighted by Gasteiger charge is -2.41. The van der Waals surface area contributed by atoms with Crippen LogP contribution in [0.5, 0.6) is 0 Å². The van der Waals surface area contributed by atoms with Crippen LogP contribution in [0.3, 0.4) is 0 Å². The molecule has 154 valence electrons. The zero-order chi connectivity index (χ0) is 19.4. The summed E-state index contributed by atoms with van der Waals surface area (Å²) in [6, 6.07) is 6.68. The molecule has 6 rings (SSSR count). The molecular weight excluding hydrogens is 362 g/mol. The number of fused-ring (bicyclic) bond motifs is 1. The molecule has 0 bridgehead atoms. The number of piperazine rings is 1. The molecule has 0 radical (unpaired) electrons. The van der Waals surface area contributed by atoms with Gasteiger partial charge in [-0.2, -0.15) is 0 Å². The van der Waals surface area contributed by atoms with Crippen molar-refractivity contribution in [2.24, 2.45) is 11.8 Å². The molecule has 6 heteroatoms. The lowest BCUT2D eigenvalue weighted by Crippen LogP contribution is -2.51. The minimum atomic E-state index is 0.221. The molecule has 2 saturated carbocycles. The van der Waals surface area contributed by atoms with Gasteiger partial charge in [0.1, 0.15) is 11.5 Å². The fraction of sp³-hybridized carbons (Fsp3) is 0.652. The van der Waals surface area contributed by atoms with Gasteiger partial charge in [0.15, 0.2) is 0 Å². The minimum Gasteiger partial charge on any atom is -0.358 e. The van der Waals surface area contributed by atoms with Crippen LogP contribution in [0.25, 0.3) is 5.65 Å². The molecule has 2 aromatic rings. The van der Waals surface area contributed by atoms with Crippen LogP contribution in [0.4, 0.5) is 5.82 Å². The molecule has 4 heterocycles. The molecule has 1 amide bonds. The molecule has 1 atom stereocenters. The molecule has 29 heavy (non-hydrogen) atoms. The van der Waals surface area contributed by atoms with Crippen molar-refractivity contribution in [3.63, 3.8) is 0 Å². The van der Waals surface area contributed by atoms with Gasteiger partial charge in [-0.3, -0.25) is 14.1 Å². The summed E-state index contributed by atoms with van der Waals surface area (Å²) in [6.07, 6.45) is 9.68. The van der Waals surface area contributed by atoms with Crippen molar-refractivity contribution in [2.45, 2.75) is 44.6 Å². The van der Waals surface area contributed by atoms with Crippen molar-refractivity contribution in [1.29, 1.82) is 0 Å². The molecular formula is C23H31N5O. The molecule has 4 aliphatic rings. The summed E-state index contributed by atoms with van der Waals surface area (Å²) in [6.45, 7) is 6.08. The summed E-state index contributed by atoms with van der Waals surface area (Å²) >= 11 is 0. The van der Waals surface area contributed by atoms with E-state index in [4.69, 9.17) is 4.98 Å². The van der Waals surface area contributed by atoms with Crippen LogP contribution in [0, 0.1) is 11.8 Å². The number of rotatable bonds is 5. The molecule has 0 aromatic carbocycles. The molecule has 2 aliphatic heterocycles. The first kappa shape index (κ1) is 17.8. The Morgan fingerprint density at radius 1 is 1.03 bits per heavy atom. The SMILES string of the molecule is O=C(C1CC1)N1CCN(CC2CC2)[C@@H](c2cn3c(N4CCCC4)cccc3n2)C1. The molecule has 2 aliphatic carbocycles. The van der Waals surface area contributed by atoms with Crippen LogP contribution in [-0.2, 0) is 4.79 Å². The predicted molar refractivity (Wildman–Crippen MR) is 113 cm³/mol. The van der Waals surface area contributed by atoms with Crippen molar-refractivity contribution in [2.75, 3.05) is 44.2 Å². The Morgan fingerprint density at radius 3 is 2.62 bits per heavy atom. The summed E-state index contributed by atoms with van der Waals surface area (Å²) in [5, 5.41) is 0. The highest BCUT2D eigenvalue weighted by Gasteiger charge is 2.39. The molecule has 0 spiro atoms. The van der Waals surface area contributed by atoms with Gasteiger partial charge >= 0.3 is 0 Å². The lowest BCUT2D eigenvalue weighted by molar-refractivity contribution is -0.135. The second-order valence-electron chi connectivity index (χ2n) is 9.48. The Bertz CT molecular complexity index is 909. The zero-order valence-corrected chi connectivity index (χ0v) is 17.2. The topological polar surface area (TPSA) is 44.1 Å². The zero-order valence-electron chi connectivity index (χ0n) is 17.2. The average molecular weight is 394 g/mol. The number of carbonyl (C=O) groups excluding carboxylic acids is 1. The lowest BCUT2D eigenvalue weighted by atomic mass is 10.1. The molecule has 2 saturated heterocycles. The van der Waals surface area contributed by atoms with Crippen LogP contribution in [0.15, 0.2) is 24.4 Å². The van der Waals surface area contributed by atoms with Crippen molar-refractivity contribution < 1.29 is 4.79 Å². The second kappa shape index (κ2) is 7.01. The maximum Gasteiger partial charge on any atom is 0.225 e. The largest absolute Gasteiger partial charge is 0.358 e. The third-order valence-corrected chi connectivity index (χ3v) is 7.18. The molecule has 2 aromatic heterocycles. The van der Waals surface area contributed by atoms with E-state index in [0.29, 0.717) is 11.8 Å². The van der Waals surface area contributed by atoms with Gasteiger partial charge in [-0.15, -0.1) is 0 Å². The number of hydrogen-bond acceptors (Lipinski definition) is 4. The summed E-state index contributed by atoms with van der Waals surface area (Å²) in [5.41, 5.74) is 2.16. The normalized spacial score (nSPS) is 25.9. The highest BCUT2D eigenvalue weighted by atomic mass is 16.2. The van der Waals surface area contributed by atoms with E-state index in [1.165, 1.54) is 31.5 Å². The van der Waals surface area contributed by atoms with Crippen molar-refractivity contribution in [3.8, 4) is 0 Å². The monoisotopic (exact) mass is 393 g/mol. The maximum absolute atomic E-state index is 12.8. The van der Waals surface area contributed by atoms with E-state index < -0.39 is 0 Å². The van der Waals surface area contributed by atoms with E-state index in [9.17, 15) is 4.79 Å². The van der Waals surface area contributed by atoms with Crippen LogP contribution in [0.1, 0.15) is 50.3 Å². The van der Waals surface area contributed by atoms with E-state index in [1.54, 1.807) is 0 Å². The highest BCUT2D eigenvalue weighted by Crippen LogP contribution is 2.37. The van der Waals surface area contributed by atoms with Crippen molar-refractivity contribution in [3.05, 3.63) is 30.1 Å². The average Bonchev–Trinajstić information content (AvgIpc) is 3.65. The van der Waals surface area contributed by atoms with Crippen LogP contribution >= 0.6 is 0 Å². The van der Waals surface area contributed by atoms with Gasteiger partial charge in [0.2, 0.25) is 5.91 Å². The number of hydrogen-bond donors (Lipinski definition) is 0. The first-order chi connectivity index (χ1) is 14.3. The van der Waals surface area contributed by atoms with E-state index in [-0.39, 0.29) is 6.04 Å². The molecule has 6 nitrogen and oxygen atoms in total. The summed E-state index contributed by atoms with van der Waals surface area (Å²) in [7, 11) is 0. The Kier molecular flexibility index (Phi) is 4.29. The smallest absolute Gasteiger partial charge is 0.225 e. The van der Waals surface area contributed by atoms with Crippen molar-refractivity contribution >= 4 is 17.4 Å². The third-order valence-electron chi connectivity index (χ3n) is 7.18. The van der Waals surface area contributed by atoms with Gasteiger partial charge in [-0.1, -0.05) is 6.07 Å². The number of anilines is 1. The molecule has 0 N–H and O–H groups in total. The van der Waals surface area contributed by atoms with Gasteiger partial charge in [-0.05, 0) is 56.6 Å². The molecule has 0 unspecified atom stereocenters. The van der Waals surface area contributed by atoms with Gasteiger partial charge < -0.3 is 9.80 Å². The number of amides is 1. The summed E-state index contributed by atoms with van der Waals surface area (Å²) in [5.74, 6) is 2.78.